The third-order valence-corrected chi connectivity index (χ3v) is 3.79. The summed E-state index contributed by atoms with van der Waals surface area (Å²) in [5.74, 6) is 1.35. The maximum Gasteiger partial charge on any atom is 0.319 e. The molecule has 0 aliphatic carbocycles. The number of carbonyl (C=O) groups excluding carboxylic acids is 1. The molecule has 0 unspecified atom stereocenters. The molecule has 0 aliphatic heterocycles. The van der Waals surface area contributed by atoms with Crippen LogP contribution in [0.2, 0.25) is 0 Å². The number of amides is 2. The molecular formula is C18H19N3O5. The number of ether oxygens (including phenoxy) is 3. The van der Waals surface area contributed by atoms with E-state index in [0.29, 0.717) is 34.2 Å². The van der Waals surface area contributed by atoms with Gasteiger partial charge < -0.3 is 29.4 Å². The van der Waals surface area contributed by atoms with Crippen molar-refractivity contribution >= 4 is 22.7 Å². The van der Waals surface area contributed by atoms with Crippen LogP contribution in [0, 0.1) is 0 Å². The first-order chi connectivity index (χ1) is 12.7. The summed E-state index contributed by atoms with van der Waals surface area (Å²) >= 11 is 0. The number of aromatic nitrogens is 1. The van der Waals surface area contributed by atoms with Gasteiger partial charge in [-0.2, -0.15) is 0 Å². The van der Waals surface area contributed by atoms with Crippen LogP contribution in [0.4, 0.5) is 10.5 Å². The summed E-state index contributed by atoms with van der Waals surface area (Å²) in [4.78, 5) is 12.2. The maximum atomic E-state index is 12.2. The van der Waals surface area contributed by atoms with Gasteiger partial charge in [-0.05, 0) is 12.1 Å². The van der Waals surface area contributed by atoms with Crippen molar-refractivity contribution in [1.29, 1.82) is 0 Å². The molecule has 2 N–H and O–H groups in total. The molecule has 136 valence electrons. The summed E-state index contributed by atoms with van der Waals surface area (Å²) in [5, 5.41) is 10.3. The molecule has 0 bridgehead atoms. The van der Waals surface area contributed by atoms with Gasteiger partial charge in [-0.3, -0.25) is 0 Å². The van der Waals surface area contributed by atoms with E-state index in [-0.39, 0.29) is 6.54 Å². The first kappa shape index (κ1) is 17.4. The number of fused-ring (bicyclic) bond motifs is 1. The van der Waals surface area contributed by atoms with Crippen molar-refractivity contribution in [3.8, 4) is 17.2 Å². The number of benzene rings is 2. The first-order valence-electron chi connectivity index (χ1n) is 7.84. The lowest BCUT2D eigenvalue weighted by molar-refractivity contribution is 0.251. The van der Waals surface area contributed by atoms with Crippen molar-refractivity contribution in [2.24, 2.45) is 0 Å². The molecule has 0 aliphatic rings. The lowest BCUT2D eigenvalue weighted by Gasteiger charge is -2.14. The van der Waals surface area contributed by atoms with E-state index >= 15 is 0 Å². The fraction of sp³-hybridized carbons (Fsp3) is 0.222. The molecule has 0 fully saturated rings. The maximum absolute atomic E-state index is 12.2. The Morgan fingerprint density at radius 2 is 1.77 bits per heavy atom. The minimum atomic E-state index is -0.397. The number of para-hydroxylation sites is 1. The van der Waals surface area contributed by atoms with Crippen molar-refractivity contribution in [3.63, 3.8) is 0 Å². The van der Waals surface area contributed by atoms with Gasteiger partial charge >= 0.3 is 6.03 Å². The highest BCUT2D eigenvalue weighted by Crippen LogP contribution is 2.39. The second kappa shape index (κ2) is 7.64. The van der Waals surface area contributed by atoms with E-state index in [9.17, 15) is 4.79 Å². The zero-order valence-corrected chi connectivity index (χ0v) is 14.7. The second-order valence-corrected chi connectivity index (χ2v) is 5.35. The highest BCUT2D eigenvalue weighted by atomic mass is 16.5. The number of nitrogens with one attached hydrogen (secondary N) is 2. The molecule has 3 rings (SSSR count). The van der Waals surface area contributed by atoms with Gasteiger partial charge in [-0.1, -0.05) is 17.3 Å². The molecule has 0 atom stereocenters. The van der Waals surface area contributed by atoms with E-state index in [1.165, 1.54) is 21.3 Å². The van der Waals surface area contributed by atoms with Crippen molar-refractivity contribution in [1.82, 2.24) is 10.5 Å². The SMILES string of the molecule is COc1cc(NC(=O)NCc2noc3ccccc23)cc(OC)c1OC. The summed E-state index contributed by atoms with van der Waals surface area (Å²) in [5.41, 5.74) is 1.83. The third-order valence-electron chi connectivity index (χ3n) is 3.79. The second-order valence-electron chi connectivity index (χ2n) is 5.35. The molecule has 1 aromatic heterocycles. The molecule has 26 heavy (non-hydrogen) atoms. The lowest BCUT2D eigenvalue weighted by atomic mass is 10.2. The van der Waals surface area contributed by atoms with Gasteiger partial charge in [0.05, 0.1) is 33.6 Å². The minimum Gasteiger partial charge on any atom is -0.493 e. The van der Waals surface area contributed by atoms with Crippen LogP contribution in [0.3, 0.4) is 0 Å². The van der Waals surface area contributed by atoms with Crippen LogP contribution in [0.25, 0.3) is 11.0 Å². The Morgan fingerprint density at radius 3 is 2.42 bits per heavy atom. The molecule has 8 nitrogen and oxygen atoms in total. The molecule has 2 aromatic carbocycles. The van der Waals surface area contributed by atoms with E-state index in [1.807, 2.05) is 24.3 Å². The van der Waals surface area contributed by atoms with E-state index < -0.39 is 6.03 Å². The summed E-state index contributed by atoms with van der Waals surface area (Å²) in [6.45, 7) is 0.229. The smallest absolute Gasteiger partial charge is 0.319 e. The molecule has 2 amide bonds. The highest BCUT2D eigenvalue weighted by Gasteiger charge is 2.15. The Kier molecular flexibility index (Phi) is 5.12. The van der Waals surface area contributed by atoms with Crippen molar-refractivity contribution in [3.05, 3.63) is 42.1 Å². The number of nitrogens with zero attached hydrogens (tertiary/aromatic N) is 1. The van der Waals surface area contributed by atoms with Crippen LogP contribution in [0.1, 0.15) is 5.69 Å². The standard InChI is InChI=1S/C18H19N3O5/c1-23-15-8-11(9-16(24-2)17(15)25-3)20-18(22)19-10-13-12-6-4-5-7-14(12)26-21-13/h4-9H,10H2,1-3H3,(H2,19,20,22). The number of methoxy groups -OCH3 is 3. The van der Waals surface area contributed by atoms with Crippen LogP contribution >= 0.6 is 0 Å². The van der Waals surface area contributed by atoms with E-state index in [0.717, 1.165) is 5.39 Å². The van der Waals surface area contributed by atoms with Gasteiger partial charge in [-0.15, -0.1) is 0 Å². The van der Waals surface area contributed by atoms with Gasteiger partial charge in [0.25, 0.3) is 0 Å². The number of hydrogen-bond acceptors (Lipinski definition) is 6. The van der Waals surface area contributed by atoms with E-state index in [2.05, 4.69) is 15.8 Å². The van der Waals surface area contributed by atoms with Crippen molar-refractivity contribution in [2.75, 3.05) is 26.6 Å². The predicted octanol–water partition coefficient (Wildman–Crippen LogP) is 3.18. The van der Waals surface area contributed by atoms with Crippen LogP contribution in [-0.4, -0.2) is 32.5 Å². The predicted molar refractivity (Wildman–Crippen MR) is 96.0 cm³/mol. The Hall–Kier alpha value is -3.42. The minimum absolute atomic E-state index is 0.229. The van der Waals surface area contributed by atoms with Crippen molar-refractivity contribution in [2.45, 2.75) is 6.54 Å². The van der Waals surface area contributed by atoms with Gasteiger partial charge in [0.1, 0.15) is 5.69 Å². The quantitative estimate of drug-likeness (QED) is 0.704. The largest absolute Gasteiger partial charge is 0.493 e. The summed E-state index contributed by atoms with van der Waals surface area (Å²) in [6, 6.07) is 10.4. The van der Waals surface area contributed by atoms with Crippen LogP contribution in [0.15, 0.2) is 40.9 Å². The Labute approximate surface area is 150 Å². The molecule has 0 saturated heterocycles. The lowest BCUT2D eigenvalue weighted by Crippen LogP contribution is -2.28. The molecule has 0 saturated carbocycles. The topological polar surface area (TPSA) is 94.9 Å². The Bertz CT molecular complexity index is 897. The molecular weight excluding hydrogens is 338 g/mol. The highest BCUT2D eigenvalue weighted by molar-refractivity contribution is 5.90. The average Bonchev–Trinajstić information content (AvgIpc) is 3.08. The first-order valence-corrected chi connectivity index (χ1v) is 7.84. The van der Waals surface area contributed by atoms with E-state index in [4.69, 9.17) is 18.7 Å². The number of urea groups is 1. The monoisotopic (exact) mass is 357 g/mol. The van der Waals surface area contributed by atoms with E-state index in [1.54, 1.807) is 12.1 Å². The number of rotatable bonds is 6. The van der Waals surface area contributed by atoms with Gasteiger partial charge in [0.2, 0.25) is 5.75 Å². The Balaban J connectivity index is 1.70. The van der Waals surface area contributed by atoms with Gasteiger partial charge in [-0.25, -0.2) is 4.79 Å². The zero-order chi connectivity index (χ0) is 18.5. The zero-order valence-electron chi connectivity index (χ0n) is 14.7. The number of hydrogen-bond donors (Lipinski definition) is 2. The summed E-state index contributed by atoms with van der Waals surface area (Å²) in [6.07, 6.45) is 0. The molecule has 0 radical (unpaired) electrons. The fourth-order valence-electron chi connectivity index (χ4n) is 2.56. The third kappa shape index (κ3) is 3.49. The summed E-state index contributed by atoms with van der Waals surface area (Å²) in [7, 11) is 4.54. The average molecular weight is 357 g/mol. The van der Waals surface area contributed by atoms with Crippen LogP contribution < -0.4 is 24.8 Å². The normalized spacial score (nSPS) is 10.4. The van der Waals surface area contributed by atoms with Gasteiger partial charge in [0.15, 0.2) is 17.1 Å². The molecule has 3 aromatic rings. The molecule has 8 heteroatoms. The molecule has 0 spiro atoms. The number of carbonyl (C=O) groups is 1. The summed E-state index contributed by atoms with van der Waals surface area (Å²) < 4.78 is 21.0. The van der Waals surface area contributed by atoms with Crippen molar-refractivity contribution < 1.29 is 23.5 Å². The van der Waals surface area contributed by atoms with Crippen LogP contribution in [0.5, 0.6) is 17.2 Å². The molecule has 1 heterocycles. The van der Waals surface area contributed by atoms with Gasteiger partial charge in [0, 0.05) is 17.5 Å². The number of anilines is 1. The van der Waals surface area contributed by atoms with Crippen LogP contribution in [-0.2, 0) is 6.54 Å². The Morgan fingerprint density at radius 1 is 1.08 bits per heavy atom. The fourth-order valence-corrected chi connectivity index (χ4v) is 2.56.